The number of rotatable bonds is 26. The Morgan fingerprint density at radius 2 is 0.598 bits per heavy atom. The highest BCUT2D eigenvalue weighted by Crippen LogP contribution is 2.45. The molecule has 0 saturated heterocycles. The topological polar surface area (TPSA) is 146 Å². The molecule has 0 aromatic carbocycles. The van der Waals surface area contributed by atoms with Crippen LogP contribution in [0.25, 0.3) is 0 Å². The summed E-state index contributed by atoms with van der Waals surface area (Å²) in [6.45, 7) is 51.0. The van der Waals surface area contributed by atoms with Gasteiger partial charge in [0.25, 0.3) is 0 Å². The van der Waals surface area contributed by atoms with E-state index in [0.717, 1.165) is 98.7 Å². The maximum absolute atomic E-state index is 12.5. The second-order valence-corrected chi connectivity index (χ2v) is 41.2. The second kappa shape index (κ2) is 41.6. The van der Waals surface area contributed by atoms with Crippen LogP contribution in [0.1, 0.15) is 404 Å². The van der Waals surface area contributed by atoms with Crippen molar-refractivity contribution < 1.29 is 24.0 Å². The predicted molar refractivity (Wildman–Crippen MR) is 415 cm³/mol. The average molecular weight is 1360 g/mol. The molecule has 0 bridgehead atoms. The summed E-state index contributed by atoms with van der Waals surface area (Å²) < 4.78 is 0. The molecule has 7 aliphatic rings. The molecule has 0 spiro atoms. The van der Waals surface area contributed by atoms with Crippen LogP contribution in [0.3, 0.4) is 0 Å². The summed E-state index contributed by atoms with van der Waals surface area (Å²) in [5.74, 6) is 9.72. The molecular formula is C87H165N5O5. The predicted octanol–water partition coefficient (Wildman–Crippen LogP) is 22.8. The summed E-state index contributed by atoms with van der Waals surface area (Å²) in [5.41, 5.74) is -0.296. The molecular weight excluding hydrogens is 1190 g/mol. The van der Waals surface area contributed by atoms with E-state index in [2.05, 4.69) is 193 Å². The molecule has 568 valence electrons. The minimum absolute atomic E-state index is 0.0495. The Morgan fingerprint density at radius 1 is 0.330 bits per heavy atom. The first-order chi connectivity index (χ1) is 44.7. The summed E-state index contributed by atoms with van der Waals surface area (Å²) in [5, 5.41) is 15.9. The lowest BCUT2D eigenvalue weighted by Crippen LogP contribution is -2.47. The molecule has 7 atom stereocenters. The minimum atomic E-state index is -0.131. The fourth-order valence-corrected chi connectivity index (χ4v) is 16.7. The maximum atomic E-state index is 12.5. The standard InChI is InChI=1S/2C18H33NO.C18H35NO.C17H33NO.C16H31NO/c1-13-11-16(13)12-15(17(20)19-18(2,3)4)10-9-14-7-5-6-8-14;1-18(2,3)19-17(20)16(13-15-9-6-10-15)12-11-14-7-4-5-8-14;1-17(2,3)13-15(16(20)19-18(4,5)6)12-11-14-9-7-8-10-14;1-16(2,3)14(15(19)18-17(4,5)6)12-11-13-9-7-8-10-13;1-12(2)14(15(18)17-16(3,4)5)11-10-13-8-6-7-9-13/h13-16H,5-12H2,1-4H3,(H,19,20);14-16H,4-13H2,1-3H3,(H,19,20);14-15H,7-13H2,1-6H3,(H,19,20);13-14H,7-12H2,1-6H3,(H,18,19);12-14H,6-11H2,1-5H3,(H,17,18). The Morgan fingerprint density at radius 3 is 0.876 bits per heavy atom. The highest BCUT2D eigenvalue weighted by molar-refractivity contribution is 5.81. The van der Waals surface area contributed by atoms with Gasteiger partial charge in [0.15, 0.2) is 0 Å². The molecule has 7 fully saturated rings. The van der Waals surface area contributed by atoms with Crippen LogP contribution < -0.4 is 26.6 Å². The molecule has 7 aliphatic carbocycles. The number of nitrogens with one attached hydrogen (secondary N) is 5. The Labute approximate surface area is 602 Å². The fourth-order valence-electron chi connectivity index (χ4n) is 16.7. The molecule has 0 heterocycles. The highest BCUT2D eigenvalue weighted by atomic mass is 16.2. The molecule has 5 amide bonds. The third-order valence-corrected chi connectivity index (χ3v) is 22.6. The first-order valence-corrected chi connectivity index (χ1v) is 41.3. The Kier molecular flexibility index (Phi) is 38.0. The van der Waals surface area contributed by atoms with Gasteiger partial charge in [-0.25, -0.2) is 0 Å². The smallest absolute Gasteiger partial charge is 0.224 e. The Balaban J connectivity index is 0.000000316. The van der Waals surface area contributed by atoms with Gasteiger partial charge < -0.3 is 26.6 Å². The molecule has 5 N–H and O–H groups in total. The summed E-state index contributed by atoms with van der Waals surface area (Å²) in [7, 11) is 0. The van der Waals surface area contributed by atoms with Gasteiger partial charge in [-0.3, -0.25) is 24.0 Å². The van der Waals surface area contributed by atoms with Crippen molar-refractivity contribution in [3.63, 3.8) is 0 Å². The van der Waals surface area contributed by atoms with E-state index in [1.54, 1.807) is 0 Å². The van der Waals surface area contributed by atoms with Gasteiger partial charge in [0.1, 0.15) is 0 Å². The molecule has 7 unspecified atom stereocenters. The van der Waals surface area contributed by atoms with E-state index in [-0.39, 0.29) is 85.8 Å². The molecule has 0 aromatic rings. The quantitative estimate of drug-likeness (QED) is 0.0586. The lowest BCUT2D eigenvalue weighted by atomic mass is 9.76. The Bertz CT molecular complexity index is 2150. The van der Waals surface area contributed by atoms with Crippen molar-refractivity contribution in [3.05, 3.63) is 0 Å². The lowest BCUT2D eigenvalue weighted by molar-refractivity contribution is -0.130. The zero-order valence-corrected chi connectivity index (χ0v) is 68.8. The van der Waals surface area contributed by atoms with Gasteiger partial charge in [0.2, 0.25) is 29.5 Å². The van der Waals surface area contributed by atoms with Crippen LogP contribution >= 0.6 is 0 Å². The monoisotopic (exact) mass is 1360 g/mol. The molecule has 7 saturated carbocycles. The number of carbonyl (C=O) groups is 5. The molecule has 0 aromatic heterocycles. The molecule has 0 radical (unpaired) electrons. The van der Waals surface area contributed by atoms with Crippen molar-refractivity contribution in [1.82, 2.24) is 26.6 Å². The van der Waals surface area contributed by atoms with Crippen molar-refractivity contribution in [2.45, 2.75) is 431 Å². The normalized spacial score (nSPS) is 21.8. The number of hydrogen-bond donors (Lipinski definition) is 5. The minimum Gasteiger partial charge on any atom is -0.351 e. The van der Waals surface area contributed by atoms with Gasteiger partial charge in [-0.15, -0.1) is 0 Å². The molecule has 7 rings (SSSR count). The second-order valence-electron chi connectivity index (χ2n) is 41.2. The highest BCUT2D eigenvalue weighted by Gasteiger charge is 2.39. The third-order valence-electron chi connectivity index (χ3n) is 22.6. The lowest BCUT2D eigenvalue weighted by Gasteiger charge is -2.33. The molecule has 10 nitrogen and oxygen atoms in total. The van der Waals surface area contributed by atoms with Crippen LogP contribution in [0.15, 0.2) is 0 Å². The largest absolute Gasteiger partial charge is 0.351 e. The van der Waals surface area contributed by atoms with Crippen LogP contribution in [0.4, 0.5) is 0 Å². The first-order valence-electron chi connectivity index (χ1n) is 41.3. The van der Waals surface area contributed by atoms with E-state index < -0.39 is 0 Å². The number of hydrogen-bond acceptors (Lipinski definition) is 5. The number of amides is 5. The zero-order valence-electron chi connectivity index (χ0n) is 68.8. The third kappa shape index (κ3) is 41.3. The first kappa shape index (κ1) is 88.6. The van der Waals surface area contributed by atoms with Gasteiger partial charge in [-0.1, -0.05) is 210 Å². The summed E-state index contributed by atoms with van der Waals surface area (Å²) in [6.07, 6.45) is 48.1. The molecule has 10 heteroatoms. The zero-order chi connectivity index (χ0) is 73.2. The summed E-state index contributed by atoms with van der Waals surface area (Å²) in [4.78, 5) is 62.4. The Hall–Kier alpha value is -2.65. The fraction of sp³-hybridized carbons (Fsp3) is 0.943. The van der Waals surface area contributed by atoms with Crippen LogP contribution in [-0.4, -0.2) is 57.2 Å². The van der Waals surface area contributed by atoms with Crippen LogP contribution in [0.5, 0.6) is 0 Å². The SMILES string of the molecule is CC(C)(C)CC(CCC1CCCC1)C(=O)NC(C)(C)C.CC(C)(C)NC(=O)C(CCC1CCCC1)C(C)(C)C.CC(C)(C)NC(=O)C(CCC1CCCC1)CC1CCC1.CC(C)C(CCC1CCCC1)C(=O)NC(C)(C)C.CC1CC1CC(CCC1CCCC1)C(=O)NC(C)(C)C. The van der Waals surface area contributed by atoms with E-state index in [9.17, 15) is 24.0 Å². The van der Waals surface area contributed by atoms with Gasteiger partial charge >= 0.3 is 0 Å². The van der Waals surface area contributed by atoms with E-state index in [1.165, 1.54) is 186 Å². The maximum Gasteiger partial charge on any atom is 0.224 e. The summed E-state index contributed by atoms with van der Waals surface area (Å²) >= 11 is 0. The average Bonchev–Trinajstić information content (AvgIpc) is 1.26. The van der Waals surface area contributed by atoms with E-state index in [1.807, 2.05) is 0 Å². The van der Waals surface area contributed by atoms with Gasteiger partial charge in [-0.2, -0.15) is 0 Å². The van der Waals surface area contributed by atoms with Gasteiger partial charge in [0.05, 0.1) is 0 Å². The van der Waals surface area contributed by atoms with E-state index in [4.69, 9.17) is 0 Å². The van der Waals surface area contributed by atoms with Crippen LogP contribution in [0, 0.1) is 93.7 Å². The van der Waals surface area contributed by atoms with Crippen molar-refractivity contribution in [1.29, 1.82) is 0 Å². The van der Waals surface area contributed by atoms with E-state index >= 15 is 0 Å². The van der Waals surface area contributed by atoms with Crippen molar-refractivity contribution >= 4 is 29.5 Å². The molecule has 0 aliphatic heterocycles. The van der Waals surface area contributed by atoms with Crippen molar-refractivity contribution in [2.24, 2.45) is 93.7 Å². The van der Waals surface area contributed by atoms with E-state index in [0.29, 0.717) is 17.7 Å². The summed E-state index contributed by atoms with van der Waals surface area (Å²) in [6, 6.07) is 0. The number of carbonyl (C=O) groups excluding carboxylic acids is 5. The van der Waals surface area contributed by atoms with Gasteiger partial charge in [0, 0.05) is 57.3 Å². The van der Waals surface area contributed by atoms with Crippen LogP contribution in [-0.2, 0) is 24.0 Å². The van der Waals surface area contributed by atoms with Crippen LogP contribution in [0.2, 0.25) is 0 Å². The molecule has 97 heavy (non-hydrogen) atoms. The van der Waals surface area contributed by atoms with Gasteiger partial charge in [-0.05, 0) is 258 Å². The van der Waals surface area contributed by atoms with Crippen molar-refractivity contribution in [3.8, 4) is 0 Å². The van der Waals surface area contributed by atoms with Crippen molar-refractivity contribution in [2.75, 3.05) is 0 Å².